The van der Waals surface area contributed by atoms with Crippen molar-refractivity contribution in [1.29, 1.82) is 0 Å². The first-order valence-corrected chi connectivity index (χ1v) is 11.7. The zero-order chi connectivity index (χ0) is 21.2. The summed E-state index contributed by atoms with van der Waals surface area (Å²) in [4.78, 5) is 29.3. The molecule has 1 aromatic heterocycles. The van der Waals surface area contributed by atoms with E-state index in [9.17, 15) is 9.59 Å². The second-order valence-corrected chi connectivity index (χ2v) is 9.13. The van der Waals surface area contributed by atoms with E-state index in [4.69, 9.17) is 5.10 Å². The van der Waals surface area contributed by atoms with Gasteiger partial charge < -0.3 is 9.80 Å². The second-order valence-electron chi connectivity index (χ2n) is 9.13. The van der Waals surface area contributed by atoms with E-state index in [0.29, 0.717) is 18.8 Å². The Hall–Kier alpha value is -2.83. The number of amides is 3. The zero-order valence-electron chi connectivity index (χ0n) is 18.0. The molecule has 1 aromatic carbocycles. The van der Waals surface area contributed by atoms with Gasteiger partial charge in [0.2, 0.25) is 5.91 Å². The minimum Gasteiger partial charge on any atom is -0.341 e. The number of rotatable bonds is 6. The van der Waals surface area contributed by atoms with Crippen LogP contribution in [0.1, 0.15) is 50.6 Å². The lowest BCUT2D eigenvalue weighted by Gasteiger charge is -2.37. The number of aromatic nitrogens is 2. The van der Waals surface area contributed by atoms with Crippen molar-refractivity contribution >= 4 is 17.8 Å². The van der Waals surface area contributed by atoms with Crippen LogP contribution in [-0.2, 0) is 11.2 Å². The summed E-state index contributed by atoms with van der Waals surface area (Å²) in [5.41, 5.74) is 1.97. The zero-order valence-corrected chi connectivity index (χ0v) is 18.0. The summed E-state index contributed by atoms with van der Waals surface area (Å²) in [5, 5.41) is 7.94. The van der Waals surface area contributed by atoms with Crippen molar-refractivity contribution in [2.45, 2.75) is 57.4 Å². The first-order valence-electron chi connectivity index (χ1n) is 11.7. The molecule has 2 aromatic rings. The lowest BCUT2D eigenvalue weighted by atomic mass is 10.0. The van der Waals surface area contributed by atoms with E-state index in [1.807, 2.05) is 50.9 Å². The molecule has 7 nitrogen and oxygen atoms in total. The Morgan fingerprint density at radius 1 is 1.06 bits per heavy atom. The van der Waals surface area contributed by atoms with Gasteiger partial charge in [-0.2, -0.15) is 5.10 Å². The molecule has 0 spiro atoms. The van der Waals surface area contributed by atoms with Crippen LogP contribution in [-0.4, -0.2) is 57.2 Å². The van der Waals surface area contributed by atoms with Gasteiger partial charge in [0.1, 0.15) is 5.82 Å². The molecule has 2 saturated heterocycles. The normalized spacial score (nSPS) is 21.5. The van der Waals surface area contributed by atoms with E-state index < -0.39 is 0 Å². The highest BCUT2D eigenvalue weighted by Gasteiger charge is 2.32. The van der Waals surface area contributed by atoms with Gasteiger partial charge in [0.25, 0.3) is 0 Å². The number of hydrogen-bond donors (Lipinski definition) is 1. The molecular formula is C24H31N5O2. The fraction of sp³-hybridized carbons (Fsp3) is 0.542. The minimum atomic E-state index is -0.0913. The smallest absolute Gasteiger partial charge is 0.323 e. The van der Waals surface area contributed by atoms with Crippen molar-refractivity contribution in [3.8, 4) is 5.69 Å². The van der Waals surface area contributed by atoms with Gasteiger partial charge in [-0.3, -0.25) is 10.1 Å². The van der Waals surface area contributed by atoms with E-state index in [2.05, 4.69) is 5.32 Å². The van der Waals surface area contributed by atoms with E-state index in [0.717, 1.165) is 62.5 Å². The minimum absolute atomic E-state index is 0.0785. The molecule has 2 aliphatic heterocycles. The van der Waals surface area contributed by atoms with Gasteiger partial charge >= 0.3 is 6.03 Å². The van der Waals surface area contributed by atoms with Crippen LogP contribution in [0.25, 0.3) is 5.69 Å². The topological polar surface area (TPSA) is 70.5 Å². The Balaban J connectivity index is 1.34. The van der Waals surface area contributed by atoms with Crippen LogP contribution in [0, 0.1) is 5.92 Å². The third-order valence-corrected chi connectivity index (χ3v) is 6.68. The number of piperidine rings is 1. The van der Waals surface area contributed by atoms with Crippen LogP contribution in [0.3, 0.4) is 0 Å². The number of para-hydroxylation sites is 1. The summed E-state index contributed by atoms with van der Waals surface area (Å²) in [6.07, 6.45) is 8.12. The Bertz CT molecular complexity index is 937. The predicted octanol–water partition coefficient (Wildman–Crippen LogP) is 3.83. The molecule has 1 saturated carbocycles. The average molecular weight is 422 g/mol. The molecule has 7 heteroatoms. The highest BCUT2D eigenvalue weighted by Crippen LogP contribution is 2.33. The number of nitrogens with one attached hydrogen (secondary N) is 1. The standard InChI is InChI=1S/C24H31N5O2/c30-23-10-6-13-27(23)17-21-9-4-5-14-28(21)24(31)25-22-16-19(15-18-11-12-18)26-29(22)20-7-2-1-3-8-20/h1-3,7-8,16,18,21H,4-6,9-15,17H2,(H,25,31). The Kier molecular flexibility index (Phi) is 5.66. The third kappa shape index (κ3) is 4.60. The largest absolute Gasteiger partial charge is 0.341 e. The number of carbonyl (C=O) groups is 2. The van der Waals surface area contributed by atoms with Crippen LogP contribution in [0.4, 0.5) is 10.6 Å². The number of anilines is 1. The van der Waals surface area contributed by atoms with Crippen molar-refractivity contribution in [3.05, 3.63) is 42.1 Å². The maximum atomic E-state index is 13.3. The Labute approximate surface area is 183 Å². The van der Waals surface area contributed by atoms with Crippen LogP contribution < -0.4 is 5.32 Å². The average Bonchev–Trinajstić information content (AvgIpc) is 3.38. The van der Waals surface area contributed by atoms with E-state index in [1.54, 1.807) is 0 Å². The van der Waals surface area contributed by atoms with Crippen LogP contribution in [0.15, 0.2) is 36.4 Å². The van der Waals surface area contributed by atoms with Crippen molar-refractivity contribution in [3.63, 3.8) is 0 Å². The number of urea groups is 1. The van der Waals surface area contributed by atoms with Gasteiger partial charge in [-0.25, -0.2) is 9.48 Å². The number of nitrogens with zero attached hydrogens (tertiary/aromatic N) is 4. The number of likely N-dealkylation sites (tertiary alicyclic amines) is 2. The van der Waals surface area contributed by atoms with Crippen molar-refractivity contribution < 1.29 is 9.59 Å². The monoisotopic (exact) mass is 421 g/mol. The quantitative estimate of drug-likeness (QED) is 0.771. The Morgan fingerprint density at radius 3 is 2.65 bits per heavy atom. The van der Waals surface area contributed by atoms with E-state index in [1.165, 1.54) is 12.8 Å². The number of benzene rings is 1. The van der Waals surface area contributed by atoms with E-state index in [-0.39, 0.29) is 18.0 Å². The summed E-state index contributed by atoms with van der Waals surface area (Å²) in [5.74, 6) is 1.67. The molecule has 1 aliphatic carbocycles. The van der Waals surface area contributed by atoms with Crippen LogP contribution in [0.5, 0.6) is 0 Å². The van der Waals surface area contributed by atoms with Gasteiger partial charge in [-0.15, -0.1) is 0 Å². The molecule has 0 radical (unpaired) electrons. The highest BCUT2D eigenvalue weighted by molar-refractivity contribution is 5.89. The van der Waals surface area contributed by atoms with Crippen molar-refractivity contribution in [2.24, 2.45) is 5.92 Å². The molecule has 5 rings (SSSR count). The van der Waals surface area contributed by atoms with E-state index >= 15 is 0 Å². The van der Waals surface area contributed by atoms with Gasteiger partial charge in [0.05, 0.1) is 17.4 Å². The predicted molar refractivity (Wildman–Crippen MR) is 119 cm³/mol. The fourth-order valence-corrected chi connectivity index (χ4v) is 4.79. The van der Waals surface area contributed by atoms with Crippen molar-refractivity contribution in [2.75, 3.05) is 25.0 Å². The molecule has 1 unspecified atom stereocenters. The van der Waals surface area contributed by atoms with Gasteiger partial charge in [-0.1, -0.05) is 18.2 Å². The molecule has 31 heavy (non-hydrogen) atoms. The summed E-state index contributed by atoms with van der Waals surface area (Å²) >= 11 is 0. The molecule has 3 heterocycles. The SMILES string of the molecule is O=C1CCCN1CC1CCCCN1C(=O)Nc1cc(CC2CC2)nn1-c1ccccc1. The maximum absolute atomic E-state index is 13.3. The summed E-state index contributed by atoms with van der Waals surface area (Å²) < 4.78 is 1.85. The summed E-state index contributed by atoms with van der Waals surface area (Å²) in [7, 11) is 0. The van der Waals surface area contributed by atoms with Crippen LogP contribution >= 0.6 is 0 Å². The molecule has 1 N–H and O–H groups in total. The second kappa shape index (κ2) is 8.73. The van der Waals surface area contributed by atoms with Crippen LogP contribution in [0.2, 0.25) is 0 Å². The third-order valence-electron chi connectivity index (χ3n) is 6.68. The molecule has 3 amide bonds. The Morgan fingerprint density at radius 2 is 1.90 bits per heavy atom. The molecule has 1 atom stereocenters. The molecule has 0 bridgehead atoms. The highest BCUT2D eigenvalue weighted by atomic mass is 16.2. The first-order chi connectivity index (χ1) is 15.2. The molecular weight excluding hydrogens is 390 g/mol. The number of hydrogen-bond acceptors (Lipinski definition) is 3. The lowest BCUT2D eigenvalue weighted by Crippen LogP contribution is -2.51. The maximum Gasteiger partial charge on any atom is 0.323 e. The van der Waals surface area contributed by atoms with Gasteiger partial charge in [0, 0.05) is 32.1 Å². The fourth-order valence-electron chi connectivity index (χ4n) is 4.79. The molecule has 3 fully saturated rings. The van der Waals surface area contributed by atoms with Gasteiger partial charge in [-0.05, 0) is 63.0 Å². The lowest BCUT2D eigenvalue weighted by molar-refractivity contribution is -0.128. The number of carbonyl (C=O) groups excluding carboxylic acids is 2. The summed E-state index contributed by atoms with van der Waals surface area (Å²) in [6.45, 7) is 2.19. The van der Waals surface area contributed by atoms with Crippen molar-refractivity contribution in [1.82, 2.24) is 19.6 Å². The molecule has 164 valence electrons. The molecule has 3 aliphatic rings. The van der Waals surface area contributed by atoms with Gasteiger partial charge in [0.15, 0.2) is 0 Å². The summed E-state index contributed by atoms with van der Waals surface area (Å²) in [6, 6.07) is 12.0. The first kappa shape index (κ1) is 20.1.